The predicted molar refractivity (Wildman–Crippen MR) is 89.5 cm³/mol. The largest absolute Gasteiger partial charge is 0.368 e. The third-order valence-corrected chi connectivity index (χ3v) is 3.94. The monoisotopic (exact) mass is 309 g/mol. The average Bonchev–Trinajstić information content (AvgIpc) is 2.63. The van der Waals surface area contributed by atoms with E-state index in [1.54, 1.807) is 29.2 Å². The fraction of sp³-hybridized carbons (Fsp3) is 0.222. The predicted octanol–water partition coefficient (Wildman–Crippen LogP) is 2.36. The number of nitrogens with zero attached hydrogens (tertiary/aromatic N) is 2. The summed E-state index contributed by atoms with van der Waals surface area (Å²) in [4.78, 5) is 28.1. The minimum atomic E-state index is -0.360. The number of carbonyl (C=O) groups is 2. The topological polar surface area (TPSA) is 52.7 Å². The van der Waals surface area contributed by atoms with E-state index in [-0.39, 0.29) is 11.9 Å². The van der Waals surface area contributed by atoms with Crippen LogP contribution in [0.5, 0.6) is 0 Å². The molecule has 3 rings (SSSR count). The highest BCUT2D eigenvalue weighted by molar-refractivity contribution is 6.04. The number of hydrogen-bond acceptors (Lipinski definition) is 3. The first-order chi connectivity index (χ1) is 11.2. The molecule has 5 nitrogen and oxygen atoms in total. The van der Waals surface area contributed by atoms with Gasteiger partial charge in [-0.1, -0.05) is 36.4 Å². The summed E-state index contributed by atoms with van der Waals surface area (Å²) in [7, 11) is 0. The summed E-state index contributed by atoms with van der Waals surface area (Å²) < 4.78 is 0. The van der Waals surface area contributed by atoms with Crippen molar-refractivity contribution in [2.24, 2.45) is 0 Å². The molecule has 5 heteroatoms. The van der Waals surface area contributed by atoms with E-state index in [1.165, 1.54) is 0 Å². The summed E-state index contributed by atoms with van der Waals surface area (Å²) >= 11 is 0. The number of carbonyl (C=O) groups excluding carboxylic acids is 2. The average molecular weight is 309 g/mol. The van der Waals surface area contributed by atoms with Gasteiger partial charge in [-0.15, -0.1) is 0 Å². The number of hydrogen-bond donors (Lipinski definition) is 1. The van der Waals surface area contributed by atoms with E-state index in [9.17, 15) is 9.59 Å². The molecule has 0 aromatic heterocycles. The van der Waals surface area contributed by atoms with Gasteiger partial charge in [0.25, 0.3) is 5.91 Å². The Labute approximate surface area is 135 Å². The van der Waals surface area contributed by atoms with Gasteiger partial charge >= 0.3 is 6.03 Å². The number of para-hydroxylation sites is 1. The van der Waals surface area contributed by atoms with E-state index < -0.39 is 0 Å². The molecule has 1 aliphatic rings. The lowest BCUT2D eigenvalue weighted by atomic mass is 10.2. The maximum absolute atomic E-state index is 12.2. The zero-order valence-corrected chi connectivity index (χ0v) is 12.8. The van der Waals surface area contributed by atoms with Crippen LogP contribution in [0.15, 0.2) is 60.7 Å². The highest BCUT2D eigenvalue weighted by Crippen LogP contribution is 2.15. The molecule has 1 fully saturated rings. The molecule has 1 saturated heterocycles. The molecule has 1 aliphatic heterocycles. The van der Waals surface area contributed by atoms with Crippen LogP contribution in [0.3, 0.4) is 0 Å². The number of piperazine rings is 1. The maximum Gasteiger partial charge on any atom is 0.324 e. The Morgan fingerprint density at radius 2 is 1.35 bits per heavy atom. The van der Waals surface area contributed by atoms with Crippen LogP contribution in [-0.2, 0) is 0 Å². The standard InChI is InChI=1S/C18H19N3O2/c22-17(15-7-3-1-4-8-15)19-18(23)21-13-11-20(12-14-21)16-9-5-2-6-10-16/h1-10H,11-14H2,(H,19,22,23). The van der Waals surface area contributed by atoms with Gasteiger partial charge in [0.1, 0.15) is 0 Å². The second kappa shape index (κ2) is 6.96. The van der Waals surface area contributed by atoms with Crippen LogP contribution in [0.25, 0.3) is 0 Å². The van der Waals surface area contributed by atoms with Crippen molar-refractivity contribution in [3.63, 3.8) is 0 Å². The van der Waals surface area contributed by atoms with Crippen LogP contribution in [0, 0.1) is 0 Å². The first kappa shape index (κ1) is 15.1. The quantitative estimate of drug-likeness (QED) is 0.926. The highest BCUT2D eigenvalue weighted by Gasteiger charge is 2.22. The molecule has 1 heterocycles. The van der Waals surface area contributed by atoms with Gasteiger partial charge < -0.3 is 9.80 Å². The Hall–Kier alpha value is -2.82. The third kappa shape index (κ3) is 3.69. The van der Waals surface area contributed by atoms with Crippen LogP contribution in [0.4, 0.5) is 10.5 Å². The lowest BCUT2D eigenvalue weighted by molar-refractivity contribution is 0.0951. The van der Waals surface area contributed by atoms with Gasteiger partial charge in [-0.05, 0) is 24.3 Å². The summed E-state index contributed by atoms with van der Waals surface area (Å²) in [5, 5.41) is 2.45. The Bertz CT molecular complexity index is 665. The molecular weight excluding hydrogens is 290 g/mol. The second-order valence-corrected chi connectivity index (χ2v) is 5.43. The molecule has 23 heavy (non-hydrogen) atoms. The van der Waals surface area contributed by atoms with Crippen LogP contribution in [0.1, 0.15) is 10.4 Å². The van der Waals surface area contributed by atoms with E-state index in [0.717, 1.165) is 18.8 Å². The molecule has 0 spiro atoms. The second-order valence-electron chi connectivity index (χ2n) is 5.43. The first-order valence-corrected chi connectivity index (χ1v) is 7.69. The molecule has 0 aliphatic carbocycles. The number of nitrogens with one attached hydrogen (secondary N) is 1. The Balaban J connectivity index is 1.53. The van der Waals surface area contributed by atoms with Gasteiger partial charge in [-0.3, -0.25) is 10.1 Å². The van der Waals surface area contributed by atoms with Crippen molar-refractivity contribution in [1.29, 1.82) is 0 Å². The normalized spacial score (nSPS) is 14.4. The van der Waals surface area contributed by atoms with Gasteiger partial charge in [0, 0.05) is 37.4 Å². The van der Waals surface area contributed by atoms with Gasteiger partial charge in [-0.25, -0.2) is 4.79 Å². The molecule has 2 aromatic rings. The van der Waals surface area contributed by atoms with E-state index >= 15 is 0 Å². The number of urea groups is 1. The van der Waals surface area contributed by atoms with Crippen molar-refractivity contribution < 1.29 is 9.59 Å². The first-order valence-electron chi connectivity index (χ1n) is 7.69. The van der Waals surface area contributed by atoms with Gasteiger partial charge in [0.15, 0.2) is 0 Å². The summed E-state index contributed by atoms with van der Waals surface area (Å²) in [6, 6.07) is 18.6. The number of amides is 3. The van der Waals surface area contributed by atoms with Gasteiger partial charge in [0.05, 0.1) is 0 Å². The zero-order valence-electron chi connectivity index (χ0n) is 12.8. The van der Waals surface area contributed by atoms with Crippen molar-refractivity contribution in [3.8, 4) is 0 Å². The fourth-order valence-electron chi connectivity index (χ4n) is 2.64. The molecule has 3 amide bonds. The van der Waals surface area contributed by atoms with Crippen LogP contribution in [-0.4, -0.2) is 43.0 Å². The van der Waals surface area contributed by atoms with E-state index in [0.29, 0.717) is 18.7 Å². The Morgan fingerprint density at radius 3 is 1.96 bits per heavy atom. The Morgan fingerprint density at radius 1 is 0.783 bits per heavy atom. The SMILES string of the molecule is O=C(NC(=O)N1CCN(c2ccccc2)CC1)c1ccccc1. The third-order valence-electron chi connectivity index (χ3n) is 3.94. The lowest BCUT2D eigenvalue weighted by Crippen LogP contribution is -2.52. The number of imide groups is 1. The molecule has 118 valence electrons. The molecule has 0 atom stereocenters. The van der Waals surface area contributed by atoms with Crippen molar-refractivity contribution in [2.75, 3.05) is 31.1 Å². The molecule has 0 saturated carbocycles. The van der Waals surface area contributed by atoms with Crippen molar-refractivity contribution in [3.05, 3.63) is 66.2 Å². The zero-order chi connectivity index (χ0) is 16.1. The van der Waals surface area contributed by atoms with E-state index in [4.69, 9.17) is 0 Å². The van der Waals surface area contributed by atoms with Gasteiger partial charge in [-0.2, -0.15) is 0 Å². The van der Waals surface area contributed by atoms with Crippen LogP contribution in [0.2, 0.25) is 0 Å². The lowest BCUT2D eigenvalue weighted by Gasteiger charge is -2.35. The summed E-state index contributed by atoms with van der Waals surface area (Å²) in [5.74, 6) is -0.360. The molecule has 1 N–H and O–H groups in total. The molecule has 0 bridgehead atoms. The number of anilines is 1. The van der Waals surface area contributed by atoms with Crippen molar-refractivity contribution in [1.82, 2.24) is 10.2 Å². The molecule has 2 aromatic carbocycles. The summed E-state index contributed by atoms with van der Waals surface area (Å²) in [6.45, 7) is 2.72. The van der Waals surface area contributed by atoms with Crippen LogP contribution >= 0.6 is 0 Å². The van der Waals surface area contributed by atoms with Crippen LogP contribution < -0.4 is 10.2 Å². The number of benzene rings is 2. The summed E-state index contributed by atoms with van der Waals surface area (Å²) in [5.41, 5.74) is 1.65. The van der Waals surface area contributed by atoms with Crippen molar-refractivity contribution in [2.45, 2.75) is 0 Å². The maximum atomic E-state index is 12.2. The number of rotatable bonds is 2. The molecule has 0 radical (unpaired) electrons. The van der Waals surface area contributed by atoms with E-state index in [2.05, 4.69) is 22.3 Å². The van der Waals surface area contributed by atoms with Gasteiger partial charge in [0.2, 0.25) is 0 Å². The molecule has 0 unspecified atom stereocenters. The summed E-state index contributed by atoms with van der Waals surface area (Å²) in [6.07, 6.45) is 0. The fourth-order valence-corrected chi connectivity index (χ4v) is 2.64. The minimum Gasteiger partial charge on any atom is -0.368 e. The molecular formula is C18H19N3O2. The van der Waals surface area contributed by atoms with E-state index in [1.807, 2.05) is 24.3 Å². The smallest absolute Gasteiger partial charge is 0.324 e. The Kier molecular flexibility index (Phi) is 4.57. The minimum absolute atomic E-state index is 0.327. The highest BCUT2D eigenvalue weighted by atomic mass is 16.2. The van der Waals surface area contributed by atoms with Crippen molar-refractivity contribution >= 4 is 17.6 Å².